The van der Waals surface area contributed by atoms with Gasteiger partial charge in [-0.25, -0.2) is 4.39 Å². The summed E-state index contributed by atoms with van der Waals surface area (Å²) in [5.41, 5.74) is 0.387. The largest absolute Gasteiger partial charge is 0.497 e. The number of carbonyl (C=O) groups excluding carboxylic acids is 1. The molecule has 0 atom stereocenters. The van der Waals surface area contributed by atoms with E-state index in [-0.39, 0.29) is 11.3 Å². The van der Waals surface area contributed by atoms with Crippen LogP contribution in [-0.2, 0) is 0 Å². The number of anilines is 1. The lowest BCUT2D eigenvalue weighted by molar-refractivity contribution is 0.102. The first-order valence-corrected chi connectivity index (χ1v) is 5.93. The lowest BCUT2D eigenvalue weighted by atomic mass is 10.1. The second-order valence-corrected chi connectivity index (χ2v) is 4.00. The molecule has 4 nitrogen and oxygen atoms in total. The van der Waals surface area contributed by atoms with E-state index < -0.39 is 11.7 Å². The van der Waals surface area contributed by atoms with E-state index in [0.717, 1.165) is 0 Å². The van der Waals surface area contributed by atoms with Gasteiger partial charge in [0.05, 0.1) is 25.5 Å². The number of methoxy groups -OCH3 is 2. The minimum Gasteiger partial charge on any atom is -0.497 e. The van der Waals surface area contributed by atoms with Crippen molar-refractivity contribution in [2.24, 2.45) is 0 Å². The molecule has 1 N–H and O–H groups in total. The van der Waals surface area contributed by atoms with Crippen LogP contribution < -0.4 is 14.8 Å². The maximum atomic E-state index is 13.5. The number of hydrogen-bond acceptors (Lipinski definition) is 3. The Hall–Kier alpha value is -2.56. The Kier molecular flexibility index (Phi) is 4.20. The third-order valence-corrected chi connectivity index (χ3v) is 2.77. The number of benzene rings is 2. The number of para-hydroxylation sites is 1. The first-order chi connectivity index (χ1) is 9.65. The first kappa shape index (κ1) is 13.9. The van der Waals surface area contributed by atoms with Gasteiger partial charge in [-0.2, -0.15) is 0 Å². The van der Waals surface area contributed by atoms with Crippen molar-refractivity contribution in [1.82, 2.24) is 0 Å². The minimum absolute atomic E-state index is 0.113. The van der Waals surface area contributed by atoms with Gasteiger partial charge in [-0.3, -0.25) is 4.79 Å². The van der Waals surface area contributed by atoms with E-state index in [1.807, 2.05) is 0 Å². The molecule has 2 aromatic carbocycles. The molecule has 0 aliphatic carbocycles. The molecule has 104 valence electrons. The first-order valence-electron chi connectivity index (χ1n) is 5.93. The molecular formula is C15H14FNO3. The molecule has 1 amide bonds. The molecule has 0 saturated carbocycles. The Morgan fingerprint density at radius 2 is 1.85 bits per heavy atom. The van der Waals surface area contributed by atoms with Crippen LogP contribution in [0.3, 0.4) is 0 Å². The summed E-state index contributed by atoms with van der Waals surface area (Å²) in [4.78, 5) is 12.2. The van der Waals surface area contributed by atoms with Crippen molar-refractivity contribution in [2.45, 2.75) is 0 Å². The molecule has 0 heterocycles. The van der Waals surface area contributed by atoms with E-state index in [0.29, 0.717) is 11.5 Å². The van der Waals surface area contributed by atoms with Crippen LogP contribution in [0.4, 0.5) is 10.1 Å². The summed E-state index contributed by atoms with van der Waals surface area (Å²) >= 11 is 0. The Morgan fingerprint density at radius 3 is 2.50 bits per heavy atom. The fourth-order valence-corrected chi connectivity index (χ4v) is 1.74. The molecule has 0 aliphatic heterocycles. The van der Waals surface area contributed by atoms with Gasteiger partial charge >= 0.3 is 0 Å². The molecule has 5 heteroatoms. The second kappa shape index (κ2) is 6.06. The van der Waals surface area contributed by atoms with Gasteiger partial charge in [-0.1, -0.05) is 12.1 Å². The third-order valence-electron chi connectivity index (χ3n) is 2.77. The minimum atomic E-state index is -0.497. The number of nitrogens with one attached hydrogen (secondary N) is 1. The summed E-state index contributed by atoms with van der Waals surface area (Å²) in [6.07, 6.45) is 0. The number of carbonyl (C=O) groups is 1. The molecule has 0 aromatic heterocycles. The molecule has 2 rings (SSSR count). The zero-order valence-corrected chi connectivity index (χ0v) is 11.1. The average molecular weight is 275 g/mol. The number of hydrogen-bond donors (Lipinski definition) is 1. The third kappa shape index (κ3) is 2.88. The van der Waals surface area contributed by atoms with E-state index >= 15 is 0 Å². The molecule has 0 aliphatic rings. The highest BCUT2D eigenvalue weighted by molar-refractivity contribution is 6.06. The highest BCUT2D eigenvalue weighted by Crippen LogP contribution is 2.25. The van der Waals surface area contributed by atoms with Crippen molar-refractivity contribution >= 4 is 11.6 Å². The van der Waals surface area contributed by atoms with Crippen molar-refractivity contribution in [3.05, 3.63) is 53.8 Å². The molecule has 0 fully saturated rings. The zero-order chi connectivity index (χ0) is 14.5. The van der Waals surface area contributed by atoms with Crippen molar-refractivity contribution in [3.8, 4) is 11.5 Å². The Labute approximate surface area is 116 Å². The number of amides is 1. The molecule has 0 bridgehead atoms. The molecule has 0 saturated heterocycles. The fraction of sp³-hybridized carbons (Fsp3) is 0.133. The smallest absolute Gasteiger partial charge is 0.259 e. The van der Waals surface area contributed by atoms with Crippen LogP contribution in [0, 0.1) is 5.82 Å². The molecule has 2 aromatic rings. The van der Waals surface area contributed by atoms with E-state index in [1.165, 1.54) is 32.4 Å². The fourth-order valence-electron chi connectivity index (χ4n) is 1.74. The molecule has 0 radical (unpaired) electrons. The van der Waals surface area contributed by atoms with Crippen molar-refractivity contribution in [1.29, 1.82) is 0 Å². The van der Waals surface area contributed by atoms with Gasteiger partial charge in [0.25, 0.3) is 5.91 Å². The molecule has 20 heavy (non-hydrogen) atoms. The monoisotopic (exact) mass is 275 g/mol. The quantitative estimate of drug-likeness (QED) is 0.932. The van der Waals surface area contributed by atoms with Crippen LogP contribution in [0.25, 0.3) is 0 Å². The van der Waals surface area contributed by atoms with Crippen molar-refractivity contribution < 1.29 is 18.7 Å². The number of rotatable bonds is 4. The Bertz CT molecular complexity index is 628. The normalized spacial score (nSPS) is 9.95. The van der Waals surface area contributed by atoms with Crippen LogP contribution in [0.5, 0.6) is 11.5 Å². The lowest BCUT2D eigenvalue weighted by Crippen LogP contribution is -2.14. The van der Waals surface area contributed by atoms with E-state index in [2.05, 4.69) is 5.32 Å². The Morgan fingerprint density at radius 1 is 1.10 bits per heavy atom. The van der Waals surface area contributed by atoms with Crippen molar-refractivity contribution in [3.63, 3.8) is 0 Å². The SMILES string of the molecule is COc1ccc(OC)c(C(=O)Nc2ccccc2F)c1. The predicted molar refractivity (Wildman–Crippen MR) is 73.9 cm³/mol. The Balaban J connectivity index is 2.31. The summed E-state index contributed by atoms with van der Waals surface area (Å²) in [6.45, 7) is 0. The summed E-state index contributed by atoms with van der Waals surface area (Å²) in [5, 5.41) is 2.50. The van der Waals surface area contributed by atoms with Gasteiger partial charge in [-0.15, -0.1) is 0 Å². The maximum absolute atomic E-state index is 13.5. The van der Waals surface area contributed by atoms with Crippen LogP contribution in [0.15, 0.2) is 42.5 Å². The van der Waals surface area contributed by atoms with Gasteiger partial charge < -0.3 is 14.8 Å². The van der Waals surface area contributed by atoms with Crippen LogP contribution in [0.1, 0.15) is 10.4 Å². The average Bonchev–Trinajstić information content (AvgIpc) is 2.48. The summed E-state index contributed by atoms with van der Waals surface area (Å²) < 4.78 is 23.7. The standard InChI is InChI=1S/C15H14FNO3/c1-19-10-7-8-14(20-2)11(9-10)15(18)17-13-6-4-3-5-12(13)16/h3-9H,1-2H3,(H,17,18). The maximum Gasteiger partial charge on any atom is 0.259 e. The van der Waals surface area contributed by atoms with E-state index in [1.54, 1.807) is 24.3 Å². The summed E-state index contributed by atoms with van der Waals surface area (Å²) in [5.74, 6) is -0.0577. The van der Waals surface area contributed by atoms with E-state index in [9.17, 15) is 9.18 Å². The van der Waals surface area contributed by atoms with Gasteiger partial charge in [0.2, 0.25) is 0 Å². The lowest BCUT2D eigenvalue weighted by Gasteiger charge is -2.11. The van der Waals surface area contributed by atoms with Crippen molar-refractivity contribution in [2.75, 3.05) is 19.5 Å². The number of halogens is 1. The second-order valence-electron chi connectivity index (χ2n) is 4.00. The molecule has 0 unspecified atom stereocenters. The van der Waals surface area contributed by atoms with Gasteiger partial charge in [-0.05, 0) is 30.3 Å². The predicted octanol–water partition coefficient (Wildman–Crippen LogP) is 3.10. The van der Waals surface area contributed by atoms with Crippen LogP contribution in [-0.4, -0.2) is 20.1 Å². The van der Waals surface area contributed by atoms with Crippen LogP contribution >= 0.6 is 0 Å². The van der Waals surface area contributed by atoms with Gasteiger partial charge in [0.1, 0.15) is 17.3 Å². The number of ether oxygens (including phenoxy) is 2. The highest BCUT2D eigenvalue weighted by Gasteiger charge is 2.15. The van der Waals surface area contributed by atoms with Gasteiger partial charge in [0.15, 0.2) is 0 Å². The molecular weight excluding hydrogens is 261 g/mol. The topological polar surface area (TPSA) is 47.6 Å². The summed E-state index contributed by atoms with van der Waals surface area (Å²) in [7, 11) is 2.96. The van der Waals surface area contributed by atoms with Crippen LogP contribution in [0.2, 0.25) is 0 Å². The zero-order valence-electron chi connectivity index (χ0n) is 11.1. The summed E-state index contributed by atoms with van der Waals surface area (Å²) in [6, 6.07) is 10.8. The van der Waals surface area contributed by atoms with E-state index in [4.69, 9.17) is 9.47 Å². The molecule has 0 spiro atoms. The van der Waals surface area contributed by atoms with Gasteiger partial charge in [0, 0.05) is 0 Å². The highest BCUT2D eigenvalue weighted by atomic mass is 19.1.